The third kappa shape index (κ3) is 2.91. The maximum Gasteiger partial charge on any atom is 0.137 e. The van der Waals surface area contributed by atoms with E-state index in [0.717, 1.165) is 18.5 Å². The summed E-state index contributed by atoms with van der Waals surface area (Å²) in [6.07, 6.45) is 2.37. The van der Waals surface area contributed by atoms with Crippen molar-refractivity contribution in [1.82, 2.24) is 9.97 Å². The maximum atomic E-state index is 13.5. The molecule has 1 N–H and O–H groups in total. The quantitative estimate of drug-likeness (QED) is 0.599. The summed E-state index contributed by atoms with van der Waals surface area (Å²) >= 11 is 0. The molecule has 1 heterocycles. The fourth-order valence-electron chi connectivity index (χ4n) is 2.89. The first kappa shape index (κ1) is 14.6. The number of benzene rings is 3. The standard InChI is InChI=1S/C20H16FN3/c21-17-7-8-19-18(12-17)20(24-13-23-19)22-10-9-14-5-6-15-3-1-2-4-16(15)11-14/h1-8,11-13H,9-10H2,(H,22,23,24). The normalized spacial score (nSPS) is 11.0. The Kier molecular flexibility index (Phi) is 3.79. The molecule has 0 aliphatic rings. The first-order valence-electron chi connectivity index (χ1n) is 7.91. The van der Waals surface area contributed by atoms with Gasteiger partial charge in [0.25, 0.3) is 0 Å². The Bertz CT molecular complexity index is 1010. The zero-order chi connectivity index (χ0) is 16.4. The third-order valence-corrected chi connectivity index (χ3v) is 4.12. The minimum atomic E-state index is -0.283. The van der Waals surface area contributed by atoms with E-state index in [4.69, 9.17) is 0 Å². The zero-order valence-corrected chi connectivity index (χ0v) is 13.0. The number of aromatic nitrogens is 2. The molecule has 4 heteroatoms. The summed E-state index contributed by atoms with van der Waals surface area (Å²) < 4.78 is 13.5. The molecule has 4 aromatic rings. The van der Waals surface area contributed by atoms with E-state index in [0.29, 0.717) is 11.2 Å². The Morgan fingerprint density at radius 2 is 1.75 bits per heavy atom. The molecular formula is C20H16FN3. The fraction of sp³-hybridized carbons (Fsp3) is 0.100. The number of halogens is 1. The van der Waals surface area contributed by atoms with Crippen molar-refractivity contribution in [2.75, 3.05) is 11.9 Å². The summed E-state index contributed by atoms with van der Waals surface area (Å²) in [6.45, 7) is 0.723. The molecule has 24 heavy (non-hydrogen) atoms. The fourth-order valence-corrected chi connectivity index (χ4v) is 2.89. The Balaban J connectivity index is 1.51. The van der Waals surface area contributed by atoms with E-state index in [1.807, 2.05) is 12.1 Å². The third-order valence-electron chi connectivity index (χ3n) is 4.12. The second-order valence-electron chi connectivity index (χ2n) is 5.74. The molecular weight excluding hydrogens is 301 g/mol. The summed E-state index contributed by atoms with van der Waals surface area (Å²) in [5, 5.41) is 6.48. The molecule has 3 nitrogen and oxygen atoms in total. The summed E-state index contributed by atoms with van der Waals surface area (Å²) in [6, 6.07) is 19.3. The SMILES string of the molecule is Fc1ccc2ncnc(NCCc3ccc4ccccc4c3)c2c1. The van der Waals surface area contributed by atoms with Gasteiger partial charge in [-0.1, -0.05) is 42.5 Å². The lowest BCUT2D eigenvalue weighted by atomic mass is 10.1. The van der Waals surface area contributed by atoms with E-state index in [2.05, 4.69) is 45.6 Å². The average Bonchev–Trinajstić information content (AvgIpc) is 2.62. The molecule has 0 spiro atoms. The van der Waals surface area contributed by atoms with Gasteiger partial charge < -0.3 is 5.32 Å². The van der Waals surface area contributed by atoms with Crippen LogP contribution >= 0.6 is 0 Å². The van der Waals surface area contributed by atoms with Crippen LogP contribution in [0, 0.1) is 5.82 Å². The topological polar surface area (TPSA) is 37.8 Å². The summed E-state index contributed by atoms with van der Waals surface area (Å²) in [5.74, 6) is 0.384. The van der Waals surface area contributed by atoms with Crippen molar-refractivity contribution in [1.29, 1.82) is 0 Å². The summed E-state index contributed by atoms with van der Waals surface area (Å²) in [4.78, 5) is 8.41. The van der Waals surface area contributed by atoms with Crippen LogP contribution in [0.15, 0.2) is 67.0 Å². The molecule has 0 aliphatic carbocycles. The number of nitrogens with zero attached hydrogens (tertiary/aromatic N) is 2. The van der Waals surface area contributed by atoms with Gasteiger partial charge in [0, 0.05) is 11.9 Å². The van der Waals surface area contributed by atoms with Gasteiger partial charge in [-0.2, -0.15) is 0 Å². The Morgan fingerprint density at radius 3 is 2.67 bits per heavy atom. The Morgan fingerprint density at radius 1 is 0.875 bits per heavy atom. The molecule has 4 rings (SSSR count). The van der Waals surface area contributed by atoms with Crippen LogP contribution in [-0.4, -0.2) is 16.5 Å². The van der Waals surface area contributed by atoms with E-state index < -0.39 is 0 Å². The lowest BCUT2D eigenvalue weighted by molar-refractivity contribution is 0.629. The lowest BCUT2D eigenvalue weighted by Gasteiger charge is -2.09. The number of fused-ring (bicyclic) bond motifs is 2. The molecule has 0 saturated carbocycles. The van der Waals surface area contributed by atoms with E-state index in [-0.39, 0.29) is 5.82 Å². The molecule has 0 atom stereocenters. The second kappa shape index (κ2) is 6.24. The molecule has 0 unspecified atom stereocenters. The Labute approximate surface area is 139 Å². The van der Waals surface area contributed by atoms with Crippen molar-refractivity contribution in [2.24, 2.45) is 0 Å². The minimum absolute atomic E-state index is 0.283. The van der Waals surface area contributed by atoms with Gasteiger partial charge in [0.05, 0.1) is 5.52 Å². The molecule has 0 aliphatic heterocycles. The Hall–Kier alpha value is -3.01. The van der Waals surface area contributed by atoms with Crippen LogP contribution in [0.5, 0.6) is 0 Å². The largest absolute Gasteiger partial charge is 0.369 e. The molecule has 1 aromatic heterocycles. The van der Waals surface area contributed by atoms with Crippen molar-refractivity contribution < 1.29 is 4.39 Å². The van der Waals surface area contributed by atoms with Crippen LogP contribution in [0.2, 0.25) is 0 Å². The van der Waals surface area contributed by atoms with Crippen LogP contribution in [-0.2, 0) is 6.42 Å². The van der Waals surface area contributed by atoms with Crippen LogP contribution in [0.4, 0.5) is 10.2 Å². The molecule has 0 saturated heterocycles. The number of hydrogen-bond acceptors (Lipinski definition) is 3. The van der Waals surface area contributed by atoms with Gasteiger partial charge in [-0.3, -0.25) is 0 Å². The minimum Gasteiger partial charge on any atom is -0.369 e. The van der Waals surface area contributed by atoms with E-state index in [1.165, 1.54) is 34.8 Å². The highest BCUT2D eigenvalue weighted by Gasteiger charge is 2.05. The first-order chi connectivity index (χ1) is 11.8. The molecule has 0 fully saturated rings. The first-order valence-corrected chi connectivity index (χ1v) is 7.91. The van der Waals surface area contributed by atoms with Crippen LogP contribution in [0.25, 0.3) is 21.7 Å². The highest BCUT2D eigenvalue weighted by Crippen LogP contribution is 2.20. The van der Waals surface area contributed by atoms with E-state index >= 15 is 0 Å². The van der Waals surface area contributed by atoms with Gasteiger partial charge in [-0.15, -0.1) is 0 Å². The van der Waals surface area contributed by atoms with Crippen LogP contribution in [0.1, 0.15) is 5.56 Å². The van der Waals surface area contributed by atoms with Gasteiger partial charge in [-0.25, -0.2) is 14.4 Å². The van der Waals surface area contributed by atoms with Crippen molar-refractivity contribution in [3.05, 3.63) is 78.4 Å². The molecule has 0 amide bonds. The van der Waals surface area contributed by atoms with Gasteiger partial charge in [0.2, 0.25) is 0 Å². The molecule has 0 radical (unpaired) electrons. The monoisotopic (exact) mass is 317 g/mol. The van der Waals surface area contributed by atoms with Crippen molar-refractivity contribution in [2.45, 2.75) is 6.42 Å². The highest BCUT2D eigenvalue weighted by molar-refractivity contribution is 5.88. The van der Waals surface area contributed by atoms with Crippen molar-refractivity contribution in [3.63, 3.8) is 0 Å². The summed E-state index contributed by atoms with van der Waals surface area (Å²) in [7, 11) is 0. The van der Waals surface area contributed by atoms with Gasteiger partial charge in [0.1, 0.15) is 18.0 Å². The van der Waals surface area contributed by atoms with Gasteiger partial charge >= 0.3 is 0 Å². The van der Waals surface area contributed by atoms with Crippen LogP contribution < -0.4 is 5.32 Å². The molecule has 0 bridgehead atoms. The molecule has 3 aromatic carbocycles. The van der Waals surface area contributed by atoms with Gasteiger partial charge in [0.15, 0.2) is 0 Å². The number of anilines is 1. The summed E-state index contributed by atoms with van der Waals surface area (Å²) in [5.41, 5.74) is 1.99. The predicted octanol–water partition coefficient (Wildman–Crippen LogP) is 4.58. The smallest absolute Gasteiger partial charge is 0.137 e. The highest BCUT2D eigenvalue weighted by atomic mass is 19.1. The maximum absolute atomic E-state index is 13.5. The lowest BCUT2D eigenvalue weighted by Crippen LogP contribution is -2.07. The van der Waals surface area contributed by atoms with Crippen molar-refractivity contribution in [3.8, 4) is 0 Å². The second-order valence-corrected chi connectivity index (χ2v) is 5.74. The van der Waals surface area contributed by atoms with Crippen molar-refractivity contribution >= 4 is 27.5 Å². The predicted molar refractivity (Wildman–Crippen MR) is 95.6 cm³/mol. The van der Waals surface area contributed by atoms with E-state index in [1.54, 1.807) is 6.07 Å². The average molecular weight is 317 g/mol. The van der Waals surface area contributed by atoms with Gasteiger partial charge in [-0.05, 0) is 41.0 Å². The number of nitrogens with one attached hydrogen (secondary N) is 1. The number of rotatable bonds is 4. The zero-order valence-electron chi connectivity index (χ0n) is 13.0. The molecule has 118 valence electrons. The van der Waals surface area contributed by atoms with E-state index in [9.17, 15) is 4.39 Å². The number of hydrogen-bond donors (Lipinski definition) is 1. The van der Waals surface area contributed by atoms with Crippen LogP contribution in [0.3, 0.4) is 0 Å².